The normalized spacial score (nSPS) is 37.9. The van der Waals surface area contributed by atoms with Gasteiger partial charge in [-0.3, -0.25) is 14.4 Å². The Kier molecular flexibility index (Phi) is 3.83. The highest BCUT2D eigenvalue weighted by Gasteiger charge is 2.71. The van der Waals surface area contributed by atoms with Gasteiger partial charge in [-0.2, -0.15) is 0 Å². The quantitative estimate of drug-likeness (QED) is 0.584. The first-order valence-corrected chi connectivity index (χ1v) is 8.07. The summed E-state index contributed by atoms with van der Waals surface area (Å²) in [5.74, 6) is -0.231. The van der Waals surface area contributed by atoms with Crippen LogP contribution in [0.15, 0.2) is 11.6 Å². The first-order chi connectivity index (χ1) is 10.8. The number of carbonyl (C=O) groups is 3. The first kappa shape index (κ1) is 16.2. The Balaban J connectivity index is 1.74. The molecule has 1 heterocycles. The van der Waals surface area contributed by atoms with Crippen LogP contribution in [-0.2, 0) is 23.9 Å². The zero-order valence-corrected chi connectivity index (χ0v) is 13.6. The second-order valence-electron chi connectivity index (χ2n) is 7.23. The average molecular weight is 321 g/mol. The van der Waals surface area contributed by atoms with Gasteiger partial charge in [0, 0.05) is 30.3 Å². The van der Waals surface area contributed by atoms with Gasteiger partial charge >= 0.3 is 5.97 Å². The van der Waals surface area contributed by atoms with E-state index in [1.54, 1.807) is 6.92 Å². The van der Waals surface area contributed by atoms with Crippen molar-refractivity contribution in [2.45, 2.75) is 45.1 Å². The van der Waals surface area contributed by atoms with Crippen molar-refractivity contribution in [2.24, 2.45) is 23.0 Å². The third-order valence-corrected chi connectivity index (χ3v) is 6.00. The molecule has 1 amide bonds. The number of primary amides is 1. The smallest absolute Gasteiger partial charge is 0.302 e. The molecule has 4 fully saturated rings. The molecule has 126 valence electrons. The first-order valence-electron chi connectivity index (χ1n) is 8.07. The fourth-order valence-electron chi connectivity index (χ4n) is 4.73. The van der Waals surface area contributed by atoms with Crippen molar-refractivity contribution in [2.75, 3.05) is 13.2 Å². The van der Waals surface area contributed by atoms with Crippen molar-refractivity contribution >= 4 is 17.7 Å². The molecule has 3 aliphatic carbocycles. The Labute approximate surface area is 135 Å². The highest BCUT2D eigenvalue weighted by atomic mass is 16.6. The number of nitrogens with two attached hydrogens (primary N) is 1. The summed E-state index contributed by atoms with van der Waals surface area (Å²) in [7, 11) is 0. The summed E-state index contributed by atoms with van der Waals surface area (Å²) in [6.07, 6.45) is 4.60. The van der Waals surface area contributed by atoms with E-state index in [2.05, 4.69) is 0 Å². The van der Waals surface area contributed by atoms with Crippen LogP contribution in [0.5, 0.6) is 0 Å². The molecule has 4 rings (SSSR count). The molecule has 23 heavy (non-hydrogen) atoms. The number of allylic oxidation sites excluding steroid dienone is 1. The lowest BCUT2D eigenvalue weighted by molar-refractivity contribution is -0.169. The minimum Gasteiger partial charge on any atom is -0.463 e. The monoisotopic (exact) mass is 321 g/mol. The number of rotatable bonds is 6. The van der Waals surface area contributed by atoms with Gasteiger partial charge < -0.3 is 15.2 Å². The molecule has 0 aromatic heterocycles. The summed E-state index contributed by atoms with van der Waals surface area (Å²) < 4.78 is 11.3. The third kappa shape index (κ3) is 2.49. The van der Waals surface area contributed by atoms with Gasteiger partial charge in [-0.15, -0.1) is 0 Å². The fraction of sp³-hybridized carbons (Fsp3) is 0.706. The minimum absolute atomic E-state index is 0.0789. The number of amides is 1. The van der Waals surface area contributed by atoms with Gasteiger partial charge in [-0.05, 0) is 38.2 Å². The molecule has 4 unspecified atom stereocenters. The summed E-state index contributed by atoms with van der Waals surface area (Å²) in [4.78, 5) is 34.5. The van der Waals surface area contributed by atoms with Crippen molar-refractivity contribution in [1.82, 2.24) is 0 Å². The van der Waals surface area contributed by atoms with Crippen LogP contribution >= 0.6 is 0 Å². The van der Waals surface area contributed by atoms with Crippen LogP contribution in [0.2, 0.25) is 0 Å². The van der Waals surface area contributed by atoms with Crippen LogP contribution in [0.4, 0.5) is 0 Å². The number of ketones is 1. The van der Waals surface area contributed by atoms with E-state index < -0.39 is 11.5 Å². The van der Waals surface area contributed by atoms with Gasteiger partial charge in [0.2, 0.25) is 5.91 Å². The van der Waals surface area contributed by atoms with Gasteiger partial charge in [0.25, 0.3) is 0 Å². The Hall–Kier alpha value is -1.69. The van der Waals surface area contributed by atoms with Crippen LogP contribution in [0.1, 0.15) is 39.5 Å². The second kappa shape index (κ2) is 5.44. The van der Waals surface area contributed by atoms with E-state index in [0.717, 1.165) is 19.3 Å². The van der Waals surface area contributed by atoms with E-state index in [-0.39, 0.29) is 35.3 Å². The van der Waals surface area contributed by atoms with E-state index in [1.165, 1.54) is 13.0 Å². The van der Waals surface area contributed by atoms with Gasteiger partial charge in [0.1, 0.15) is 12.2 Å². The summed E-state index contributed by atoms with van der Waals surface area (Å²) >= 11 is 0. The highest BCUT2D eigenvalue weighted by molar-refractivity contribution is 6.00. The summed E-state index contributed by atoms with van der Waals surface area (Å²) in [6.45, 7) is 3.74. The molecular weight excluding hydrogens is 298 g/mol. The van der Waals surface area contributed by atoms with E-state index in [9.17, 15) is 14.4 Å². The van der Waals surface area contributed by atoms with E-state index >= 15 is 0 Å². The molecule has 4 atom stereocenters. The number of esters is 1. The molecule has 4 bridgehead atoms. The zero-order chi connectivity index (χ0) is 16.8. The van der Waals surface area contributed by atoms with Gasteiger partial charge in [-0.25, -0.2) is 0 Å². The molecule has 4 aliphatic rings. The Morgan fingerprint density at radius 3 is 2.70 bits per heavy atom. The number of hydrogen-bond donors (Lipinski definition) is 1. The topological polar surface area (TPSA) is 95.7 Å². The number of ether oxygens (including phenoxy) is 2. The number of fused-ring (bicyclic) bond motifs is 1. The maximum atomic E-state index is 12.3. The van der Waals surface area contributed by atoms with Gasteiger partial charge in [0.05, 0.1) is 6.61 Å². The predicted molar refractivity (Wildman–Crippen MR) is 81.2 cm³/mol. The maximum absolute atomic E-state index is 12.3. The average Bonchev–Trinajstić information content (AvgIpc) is 2.63. The fourth-order valence-corrected chi connectivity index (χ4v) is 4.73. The van der Waals surface area contributed by atoms with Crippen molar-refractivity contribution in [3.8, 4) is 0 Å². The molecule has 6 nitrogen and oxygen atoms in total. The largest absolute Gasteiger partial charge is 0.463 e. The minimum atomic E-state index is -0.573. The molecule has 1 saturated heterocycles. The lowest BCUT2D eigenvalue weighted by Crippen LogP contribution is -2.60. The zero-order valence-electron chi connectivity index (χ0n) is 13.6. The van der Waals surface area contributed by atoms with Crippen LogP contribution in [0, 0.1) is 17.3 Å². The van der Waals surface area contributed by atoms with Crippen molar-refractivity contribution in [3.05, 3.63) is 11.6 Å². The van der Waals surface area contributed by atoms with E-state index in [0.29, 0.717) is 18.9 Å². The number of hydrogen-bond acceptors (Lipinski definition) is 5. The molecule has 0 spiro atoms. The molecule has 2 N–H and O–H groups in total. The maximum Gasteiger partial charge on any atom is 0.302 e. The molecule has 0 aromatic carbocycles. The molecular formula is C17H23NO5. The van der Waals surface area contributed by atoms with Crippen molar-refractivity contribution < 1.29 is 23.9 Å². The van der Waals surface area contributed by atoms with Gasteiger partial charge in [0.15, 0.2) is 5.78 Å². The highest BCUT2D eigenvalue weighted by Crippen LogP contribution is 2.70. The van der Waals surface area contributed by atoms with E-state index in [1.807, 2.05) is 0 Å². The predicted octanol–water partition coefficient (Wildman–Crippen LogP) is 1.13. The summed E-state index contributed by atoms with van der Waals surface area (Å²) in [5.41, 5.74) is 4.87. The summed E-state index contributed by atoms with van der Waals surface area (Å²) in [6, 6.07) is 0. The van der Waals surface area contributed by atoms with Crippen molar-refractivity contribution in [3.63, 3.8) is 0 Å². The van der Waals surface area contributed by atoms with Gasteiger partial charge in [-0.1, -0.05) is 0 Å². The second-order valence-corrected chi connectivity index (χ2v) is 7.23. The summed E-state index contributed by atoms with van der Waals surface area (Å²) in [5, 5.41) is 0. The Bertz CT molecular complexity index is 596. The van der Waals surface area contributed by atoms with Crippen LogP contribution in [0.3, 0.4) is 0 Å². The third-order valence-electron chi connectivity index (χ3n) is 6.00. The Morgan fingerprint density at radius 2 is 2.09 bits per heavy atom. The van der Waals surface area contributed by atoms with Crippen LogP contribution < -0.4 is 5.73 Å². The molecule has 3 saturated carbocycles. The lowest BCUT2D eigenvalue weighted by Gasteiger charge is -2.59. The molecule has 1 aliphatic heterocycles. The SMILES string of the molecule is CC(=O)OCC12CCC3CC1C3(CC(=O)/C=C(\C)C(N)=O)CO2. The molecule has 0 aromatic rings. The molecule has 0 radical (unpaired) electrons. The van der Waals surface area contributed by atoms with E-state index in [4.69, 9.17) is 15.2 Å². The number of carbonyl (C=O) groups excluding carboxylic acids is 3. The van der Waals surface area contributed by atoms with Crippen molar-refractivity contribution in [1.29, 1.82) is 0 Å². The molecule has 6 heteroatoms. The van der Waals surface area contributed by atoms with Crippen LogP contribution in [-0.4, -0.2) is 36.5 Å². The van der Waals surface area contributed by atoms with Crippen LogP contribution in [0.25, 0.3) is 0 Å². The lowest BCUT2D eigenvalue weighted by atomic mass is 9.43. The standard InChI is InChI=1S/C17H23NO5/c1-10(15(18)21)5-13(20)7-16-8-23-17(9-22-11(2)19)4-3-12(16)6-14(16)17/h5,12,14H,3-4,6-9H2,1-2H3,(H2,18,21)/b10-5+. The Morgan fingerprint density at radius 1 is 1.35 bits per heavy atom.